The van der Waals surface area contributed by atoms with Gasteiger partial charge in [-0.3, -0.25) is 14.9 Å². The molecular weight excluding hydrogens is 262 g/mol. The molecule has 1 heterocycles. The summed E-state index contributed by atoms with van der Waals surface area (Å²) >= 11 is 0. The molecule has 3 heteroatoms. The zero-order chi connectivity index (χ0) is 15.6. The summed E-state index contributed by atoms with van der Waals surface area (Å²) in [5.74, 6) is 1.85. The van der Waals surface area contributed by atoms with E-state index in [9.17, 15) is 9.59 Å². The van der Waals surface area contributed by atoms with Crippen molar-refractivity contribution in [2.75, 3.05) is 0 Å². The van der Waals surface area contributed by atoms with Gasteiger partial charge in [-0.1, -0.05) is 40.5 Å². The molecule has 0 aromatic heterocycles. The van der Waals surface area contributed by atoms with E-state index in [0.717, 1.165) is 19.3 Å². The molecule has 2 rings (SSSR count). The second-order valence-corrected chi connectivity index (χ2v) is 8.23. The van der Waals surface area contributed by atoms with Gasteiger partial charge in [-0.15, -0.1) is 0 Å². The van der Waals surface area contributed by atoms with E-state index in [1.165, 1.54) is 19.3 Å². The molecule has 21 heavy (non-hydrogen) atoms. The number of carbonyl (C=O) groups is 2. The molecule has 2 fully saturated rings. The molecule has 3 unspecified atom stereocenters. The van der Waals surface area contributed by atoms with Crippen molar-refractivity contribution in [2.24, 2.45) is 29.1 Å². The smallest absolute Gasteiger partial charge is 0.230 e. The lowest BCUT2D eigenvalue weighted by atomic mass is 9.57. The molecule has 1 spiro atoms. The van der Waals surface area contributed by atoms with Crippen LogP contribution in [0.1, 0.15) is 72.6 Å². The largest absolute Gasteiger partial charge is 0.296 e. The first-order chi connectivity index (χ1) is 9.82. The van der Waals surface area contributed by atoms with Crippen LogP contribution in [0.25, 0.3) is 0 Å². The number of amides is 2. The normalized spacial score (nSPS) is 33.8. The van der Waals surface area contributed by atoms with Gasteiger partial charge in [0, 0.05) is 12.3 Å². The van der Waals surface area contributed by atoms with Gasteiger partial charge in [0.15, 0.2) is 0 Å². The standard InChI is InChI=1S/C18H31NO2/c1-12(2)8-14-6-5-7-18(10-14)11-16(20)19-17(21)15(18)9-13(3)4/h12-15H,5-11H2,1-4H3,(H,19,20,21). The number of rotatable bonds is 4. The van der Waals surface area contributed by atoms with E-state index in [2.05, 4.69) is 33.0 Å². The van der Waals surface area contributed by atoms with Crippen molar-refractivity contribution in [1.82, 2.24) is 5.32 Å². The molecule has 1 aliphatic carbocycles. The summed E-state index contributed by atoms with van der Waals surface area (Å²) < 4.78 is 0. The Hall–Kier alpha value is -0.860. The Morgan fingerprint density at radius 3 is 2.43 bits per heavy atom. The Balaban J connectivity index is 2.21. The van der Waals surface area contributed by atoms with Crippen LogP contribution in [0.5, 0.6) is 0 Å². The molecule has 3 nitrogen and oxygen atoms in total. The third kappa shape index (κ3) is 3.87. The van der Waals surface area contributed by atoms with Crippen LogP contribution in [0.15, 0.2) is 0 Å². The average molecular weight is 293 g/mol. The van der Waals surface area contributed by atoms with Crippen LogP contribution in [0.3, 0.4) is 0 Å². The minimum absolute atomic E-state index is 0.00912. The van der Waals surface area contributed by atoms with Crippen LogP contribution in [-0.2, 0) is 9.59 Å². The summed E-state index contributed by atoms with van der Waals surface area (Å²) in [5, 5.41) is 2.58. The quantitative estimate of drug-likeness (QED) is 0.799. The highest BCUT2D eigenvalue weighted by atomic mass is 16.2. The maximum absolute atomic E-state index is 12.4. The highest BCUT2D eigenvalue weighted by Crippen LogP contribution is 2.52. The maximum Gasteiger partial charge on any atom is 0.230 e. The van der Waals surface area contributed by atoms with Crippen molar-refractivity contribution in [2.45, 2.75) is 72.6 Å². The first kappa shape index (κ1) is 16.5. The number of carbonyl (C=O) groups excluding carboxylic acids is 2. The van der Waals surface area contributed by atoms with Crippen LogP contribution in [-0.4, -0.2) is 11.8 Å². The SMILES string of the molecule is CC(C)CC1CCCC2(CC(=O)NC(=O)C2CC(C)C)C1. The van der Waals surface area contributed by atoms with Crippen molar-refractivity contribution in [3.05, 3.63) is 0 Å². The predicted molar refractivity (Wildman–Crippen MR) is 84.6 cm³/mol. The molecule has 2 aliphatic rings. The monoisotopic (exact) mass is 293 g/mol. The van der Waals surface area contributed by atoms with E-state index in [-0.39, 0.29) is 23.1 Å². The summed E-state index contributed by atoms with van der Waals surface area (Å²) in [7, 11) is 0. The van der Waals surface area contributed by atoms with Gasteiger partial charge in [0.1, 0.15) is 0 Å². The van der Waals surface area contributed by atoms with E-state index in [0.29, 0.717) is 24.2 Å². The molecule has 120 valence electrons. The number of nitrogens with one attached hydrogen (secondary N) is 1. The fourth-order valence-corrected chi connectivity index (χ4v) is 4.68. The second-order valence-electron chi connectivity index (χ2n) is 8.23. The molecule has 0 aromatic rings. The first-order valence-electron chi connectivity index (χ1n) is 8.66. The fraction of sp³-hybridized carbons (Fsp3) is 0.889. The van der Waals surface area contributed by atoms with E-state index >= 15 is 0 Å². The molecule has 3 atom stereocenters. The van der Waals surface area contributed by atoms with Crippen LogP contribution >= 0.6 is 0 Å². The van der Waals surface area contributed by atoms with Crippen LogP contribution < -0.4 is 5.32 Å². The van der Waals surface area contributed by atoms with Gasteiger partial charge in [-0.05, 0) is 48.9 Å². The van der Waals surface area contributed by atoms with Gasteiger partial charge < -0.3 is 0 Å². The molecule has 0 radical (unpaired) electrons. The molecule has 0 aromatic carbocycles. The number of hydrogen-bond donors (Lipinski definition) is 1. The number of imide groups is 1. The zero-order valence-electron chi connectivity index (χ0n) is 14.1. The van der Waals surface area contributed by atoms with E-state index < -0.39 is 0 Å². The van der Waals surface area contributed by atoms with Crippen molar-refractivity contribution in [3.8, 4) is 0 Å². The third-order valence-corrected chi connectivity index (χ3v) is 5.33. The predicted octanol–water partition coefficient (Wildman–Crippen LogP) is 3.92. The number of hydrogen-bond acceptors (Lipinski definition) is 2. The van der Waals surface area contributed by atoms with Crippen molar-refractivity contribution < 1.29 is 9.59 Å². The first-order valence-corrected chi connectivity index (χ1v) is 8.66. The van der Waals surface area contributed by atoms with E-state index in [1.807, 2.05) is 0 Å². The van der Waals surface area contributed by atoms with E-state index in [1.54, 1.807) is 0 Å². The molecule has 1 saturated carbocycles. The molecule has 1 aliphatic heterocycles. The van der Waals surface area contributed by atoms with Gasteiger partial charge in [0.2, 0.25) is 11.8 Å². The van der Waals surface area contributed by atoms with Crippen LogP contribution in [0, 0.1) is 29.1 Å². The zero-order valence-corrected chi connectivity index (χ0v) is 14.1. The Labute approximate surface area is 129 Å². The fourth-order valence-electron chi connectivity index (χ4n) is 4.68. The average Bonchev–Trinajstić information content (AvgIpc) is 2.33. The van der Waals surface area contributed by atoms with Gasteiger partial charge in [-0.25, -0.2) is 0 Å². The minimum Gasteiger partial charge on any atom is -0.296 e. The number of piperidine rings is 1. The lowest BCUT2D eigenvalue weighted by Crippen LogP contribution is -2.54. The van der Waals surface area contributed by atoms with Crippen molar-refractivity contribution in [3.63, 3.8) is 0 Å². The minimum atomic E-state index is -0.0541. The molecule has 2 amide bonds. The highest BCUT2D eigenvalue weighted by molar-refractivity contribution is 5.99. The lowest BCUT2D eigenvalue weighted by Gasteiger charge is -2.48. The molecular formula is C18H31NO2. The third-order valence-electron chi connectivity index (χ3n) is 5.33. The highest BCUT2D eigenvalue weighted by Gasteiger charge is 2.50. The topological polar surface area (TPSA) is 46.2 Å². The molecule has 1 N–H and O–H groups in total. The van der Waals surface area contributed by atoms with Crippen LogP contribution in [0.4, 0.5) is 0 Å². The second kappa shape index (κ2) is 6.50. The van der Waals surface area contributed by atoms with Crippen molar-refractivity contribution in [1.29, 1.82) is 0 Å². The Morgan fingerprint density at radius 2 is 1.81 bits per heavy atom. The summed E-state index contributed by atoms with van der Waals surface area (Å²) in [6.45, 7) is 8.88. The van der Waals surface area contributed by atoms with Gasteiger partial charge in [0.05, 0.1) is 0 Å². The Kier molecular flexibility index (Phi) is 5.11. The van der Waals surface area contributed by atoms with Gasteiger partial charge >= 0.3 is 0 Å². The van der Waals surface area contributed by atoms with Crippen molar-refractivity contribution >= 4 is 11.8 Å². The van der Waals surface area contributed by atoms with E-state index in [4.69, 9.17) is 0 Å². The maximum atomic E-state index is 12.4. The Bertz CT molecular complexity index is 402. The Morgan fingerprint density at radius 1 is 1.14 bits per heavy atom. The molecule has 1 saturated heterocycles. The summed E-state index contributed by atoms with van der Waals surface area (Å²) in [5.41, 5.74) is -0.0541. The summed E-state index contributed by atoms with van der Waals surface area (Å²) in [4.78, 5) is 24.4. The van der Waals surface area contributed by atoms with Gasteiger partial charge in [-0.2, -0.15) is 0 Å². The summed E-state index contributed by atoms with van der Waals surface area (Å²) in [6, 6.07) is 0. The molecule has 0 bridgehead atoms. The van der Waals surface area contributed by atoms with Crippen LogP contribution in [0.2, 0.25) is 0 Å². The summed E-state index contributed by atoms with van der Waals surface area (Å²) in [6.07, 6.45) is 7.26. The van der Waals surface area contributed by atoms with Gasteiger partial charge in [0.25, 0.3) is 0 Å². The lowest BCUT2D eigenvalue weighted by molar-refractivity contribution is -0.147.